The first-order valence-electron chi connectivity index (χ1n) is 10.1. The summed E-state index contributed by atoms with van der Waals surface area (Å²) in [7, 11) is 0. The normalized spacial score (nSPS) is 15.2. The van der Waals surface area contributed by atoms with Gasteiger partial charge < -0.3 is 4.90 Å². The first-order valence-corrected chi connectivity index (χ1v) is 10.9. The van der Waals surface area contributed by atoms with Gasteiger partial charge in [-0.15, -0.1) is 11.3 Å². The number of carbonyl (C=O) groups excluding carboxylic acids is 1. The van der Waals surface area contributed by atoms with Crippen molar-refractivity contribution in [1.29, 1.82) is 0 Å². The third-order valence-electron chi connectivity index (χ3n) is 5.69. The minimum atomic E-state index is 0.302. The van der Waals surface area contributed by atoms with Crippen molar-refractivity contribution in [3.8, 4) is 0 Å². The third-order valence-corrected chi connectivity index (χ3v) is 6.70. The number of Topliss-reactive ketones (excluding diaryl/α,β-unsaturated/α-hetero) is 1. The standard InChI is InChI=1S/C24H23N3OS/c28-19(15-18-17-29-24-8-4-2-5-20(18)24)16-26-11-13-27(14-12-26)23-9-10-25-22-7-3-1-6-21(22)23/h1-10,17H,11-16H2. The highest BCUT2D eigenvalue weighted by Crippen LogP contribution is 2.27. The zero-order chi connectivity index (χ0) is 19.6. The van der Waals surface area contributed by atoms with Crippen molar-refractivity contribution in [1.82, 2.24) is 9.88 Å². The summed E-state index contributed by atoms with van der Waals surface area (Å²) in [4.78, 5) is 21.9. The van der Waals surface area contributed by atoms with Crippen molar-refractivity contribution in [2.24, 2.45) is 0 Å². The summed E-state index contributed by atoms with van der Waals surface area (Å²) in [5.74, 6) is 0.302. The van der Waals surface area contributed by atoms with Crippen molar-refractivity contribution < 1.29 is 4.79 Å². The molecule has 0 atom stereocenters. The van der Waals surface area contributed by atoms with E-state index in [9.17, 15) is 4.79 Å². The number of rotatable bonds is 5. The molecule has 3 heterocycles. The van der Waals surface area contributed by atoms with Gasteiger partial charge in [-0.1, -0.05) is 36.4 Å². The van der Waals surface area contributed by atoms with Gasteiger partial charge in [-0.25, -0.2) is 0 Å². The second-order valence-corrected chi connectivity index (χ2v) is 8.49. The lowest BCUT2D eigenvalue weighted by Gasteiger charge is -2.36. The van der Waals surface area contributed by atoms with Crippen LogP contribution < -0.4 is 4.90 Å². The number of hydrogen-bond donors (Lipinski definition) is 0. The number of fused-ring (bicyclic) bond motifs is 2. The molecule has 4 nitrogen and oxygen atoms in total. The van der Waals surface area contributed by atoms with Crippen molar-refractivity contribution >= 4 is 43.8 Å². The average molecular weight is 402 g/mol. The average Bonchev–Trinajstić information content (AvgIpc) is 3.17. The Hall–Kier alpha value is -2.76. The molecule has 5 heteroatoms. The van der Waals surface area contributed by atoms with Crippen LogP contribution in [0.2, 0.25) is 0 Å². The smallest absolute Gasteiger partial charge is 0.151 e. The molecule has 0 bridgehead atoms. The summed E-state index contributed by atoms with van der Waals surface area (Å²) in [6.45, 7) is 4.22. The van der Waals surface area contributed by atoms with Crippen LogP contribution in [0.25, 0.3) is 21.0 Å². The maximum atomic E-state index is 12.7. The lowest BCUT2D eigenvalue weighted by molar-refractivity contribution is -0.119. The molecule has 146 valence electrons. The maximum absolute atomic E-state index is 12.7. The highest BCUT2D eigenvalue weighted by molar-refractivity contribution is 7.17. The Kier molecular flexibility index (Phi) is 5.00. The summed E-state index contributed by atoms with van der Waals surface area (Å²) in [6.07, 6.45) is 2.41. The molecule has 4 aromatic rings. The van der Waals surface area contributed by atoms with Crippen LogP contribution in [0.4, 0.5) is 5.69 Å². The second kappa shape index (κ2) is 7.93. The lowest BCUT2D eigenvalue weighted by Crippen LogP contribution is -2.48. The SMILES string of the molecule is O=C(Cc1csc2ccccc12)CN1CCN(c2ccnc3ccccc23)CC1. The quantitative estimate of drug-likeness (QED) is 0.497. The van der Waals surface area contributed by atoms with Gasteiger partial charge in [-0.05, 0) is 34.5 Å². The Morgan fingerprint density at radius 3 is 2.55 bits per heavy atom. The number of aromatic nitrogens is 1. The van der Waals surface area contributed by atoms with Crippen LogP contribution in [0.5, 0.6) is 0 Å². The molecule has 0 radical (unpaired) electrons. The molecule has 2 aromatic heterocycles. The van der Waals surface area contributed by atoms with Crippen molar-refractivity contribution in [3.05, 3.63) is 71.7 Å². The number of benzene rings is 2. The molecule has 0 spiro atoms. The van der Waals surface area contributed by atoms with Gasteiger partial charge in [0.1, 0.15) is 0 Å². The minimum absolute atomic E-state index is 0.302. The highest BCUT2D eigenvalue weighted by Gasteiger charge is 2.21. The van der Waals surface area contributed by atoms with E-state index in [0.29, 0.717) is 18.7 Å². The number of pyridine rings is 1. The van der Waals surface area contributed by atoms with Crippen LogP contribution in [0, 0.1) is 0 Å². The lowest BCUT2D eigenvalue weighted by atomic mass is 10.1. The number of piperazine rings is 1. The summed E-state index contributed by atoms with van der Waals surface area (Å²) in [5.41, 5.74) is 3.44. The maximum Gasteiger partial charge on any atom is 0.151 e. The Morgan fingerprint density at radius 1 is 0.931 bits per heavy atom. The molecular weight excluding hydrogens is 378 g/mol. The predicted molar refractivity (Wildman–Crippen MR) is 121 cm³/mol. The monoisotopic (exact) mass is 401 g/mol. The third kappa shape index (κ3) is 3.76. The van der Waals surface area contributed by atoms with Crippen LogP contribution in [0.15, 0.2) is 66.2 Å². The number of carbonyl (C=O) groups is 1. The van der Waals surface area contributed by atoms with E-state index in [1.807, 2.05) is 18.3 Å². The van der Waals surface area contributed by atoms with Gasteiger partial charge >= 0.3 is 0 Å². The Balaban J connectivity index is 1.21. The van der Waals surface area contributed by atoms with E-state index < -0.39 is 0 Å². The van der Waals surface area contributed by atoms with Gasteiger partial charge in [0.05, 0.1) is 12.1 Å². The van der Waals surface area contributed by atoms with E-state index in [-0.39, 0.29) is 0 Å². The van der Waals surface area contributed by atoms with Crippen LogP contribution in [-0.2, 0) is 11.2 Å². The zero-order valence-electron chi connectivity index (χ0n) is 16.3. The largest absolute Gasteiger partial charge is 0.368 e. The van der Waals surface area contributed by atoms with E-state index >= 15 is 0 Å². The fourth-order valence-electron chi connectivity index (χ4n) is 4.19. The summed E-state index contributed by atoms with van der Waals surface area (Å²) in [6, 6.07) is 18.7. The zero-order valence-corrected chi connectivity index (χ0v) is 17.1. The van der Waals surface area contributed by atoms with Gasteiger partial charge in [0.2, 0.25) is 0 Å². The van der Waals surface area contributed by atoms with Crippen LogP contribution >= 0.6 is 11.3 Å². The molecule has 2 aromatic carbocycles. The number of thiophene rings is 1. The fraction of sp³-hybridized carbons (Fsp3) is 0.250. The molecule has 1 saturated heterocycles. The highest BCUT2D eigenvalue weighted by atomic mass is 32.1. The number of para-hydroxylation sites is 1. The molecule has 29 heavy (non-hydrogen) atoms. The van der Waals surface area contributed by atoms with Gasteiger partial charge in [-0.3, -0.25) is 14.7 Å². The molecule has 1 aliphatic rings. The number of ketones is 1. The fourth-order valence-corrected chi connectivity index (χ4v) is 5.15. The first-order chi connectivity index (χ1) is 14.3. The van der Waals surface area contributed by atoms with E-state index in [1.54, 1.807) is 11.3 Å². The Morgan fingerprint density at radius 2 is 1.69 bits per heavy atom. The molecule has 0 amide bonds. The molecule has 0 saturated carbocycles. The summed E-state index contributed by atoms with van der Waals surface area (Å²) >= 11 is 1.72. The molecule has 0 N–H and O–H groups in total. The van der Waals surface area contributed by atoms with Crippen LogP contribution in [-0.4, -0.2) is 48.4 Å². The molecule has 0 unspecified atom stereocenters. The Bertz CT molecular complexity index is 1160. The van der Waals surface area contributed by atoms with Gasteiger partial charge in [-0.2, -0.15) is 0 Å². The van der Waals surface area contributed by atoms with Crippen LogP contribution in [0.3, 0.4) is 0 Å². The minimum Gasteiger partial charge on any atom is -0.368 e. The number of anilines is 1. The predicted octanol–water partition coefficient (Wildman–Crippen LogP) is 4.38. The first kappa shape index (κ1) is 18.3. The van der Waals surface area contributed by atoms with Gasteiger partial charge in [0, 0.05) is 54.6 Å². The van der Waals surface area contributed by atoms with Crippen molar-refractivity contribution in [2.75, 3.05) is 37.6 Å². The van der Waals surface area contributed by atoms with Crippen molar-refractivity contribution in [2.45, 2.75) is 6.42 Å². The van der Waals surface area contributed by atoms with Gasteiger partial charge in [0.15, 0.2) is 5.78 Å². The van der Waals surface area contributed by atoms with E-state index in [1.165, 1.54) is 21.2 Å². The summed E-state index contributed by atoms with van der Waals surface area (Å²) < 4.78 is 1.26. The van der Waals surface area contributed by atoms with E-state index in [4.69, 9.17) is 0 Å². The van der Waals surface area contributed by atoms with E-state index in [0.717, 1.165) is 37.3 Å². The molecule has 0 aliphatic carbocycles. The molecular formula is C24H23N3OS. The molecule has 5 rings (SSSR count). The van der Waals surface area contributed by atoms with E-state index in [2.05, 4.69) is 62.6 Å². The van der Waals surface area contributed by atoms with Crippen LogP contribution in [0.1, 0.15) is 5.56 Å². The van der Waals surface area contributed by atoms with Crippen molar-refractivity contribution in [3.63, 3.8) is 0 Å². The summed E-state index contributed by atoms with van der Waals surface area (Å²) in [5, 5.41) is 4.55. The number of nitrogens with zero attached hydrogens (tertiary/aromatic N) is 3. The molecule has 1 aliphatic heterocycles. The second-order valence-electron chi connectivity index (χ2n) is 7.58. The topological polar surface area (TPSA) is 36.4 Å². The molecule has 1 fully saturated rings. The number of hydrogen-bond acceptors (Lipinski definition) is 5. The van der Waals surface area contributed by atoms with Gasteiger partial charge in [0.25, 0.3) is 0 Å². The Labute approximate surface area is 174 Å².